The van der Waals surface area contributed by atoms with Gasteiger partial charge in [0.05, 0.1) is 0 Å². The van der Waals surface area contributed by atoms with Gasteiger partial charge in [-0.05, 0) is 18.1 Å². The Labute approximate surface area is 60.2 Å². The van der Waals surface area contributed by atoms with Gasteiger partial charge in [0, 0.05) is 11.7 Å². The monoisotopic (exact) mass is 144 g/mol. The van der Waals surface area contributed by atoms with Crippen LogP contribution in [0.4, 0.5) is 0 Å². The number of aldehydes is 1. The van der Waals surface area contributed by atoms with E-state index in [4.69, 9.17) is 0 Å². The van der Waals surface area contributed by atoms with Gasteiger partial charge in [0.25, 0.3) is 0 Å². The summed E-state index contributed by atoms with van der Waals surface area (Å²) in [7, 11) is 0. The van der Waals surface area contributed by atoms with Crippen molar-refractivity contribution in [3.63, 3.8) is 0 Å². The van der Waals surface area contributed by atoms with Crippen molar-refractivity contribution in [1.82, 2.24) is 0 Å². The maximum atomic E-state index is 10.1. The first-order valence-corrected chi connectivity index (χ1v) is 4.44. The number of hydrogen-bond donors (Lipinski definition) is 0. The van der Waals surface area contributed by atoms with Crippen LogP contribution in [0.5, 0.6) is 0 Å². The summed E-state index contributed by atoms with van der Waals surface area (Å²) in [5.74, 6) is 1.92. The summed E-state index contributed by atoms with van der Waals surface area (Å²) in [6.07, 6.45) is 3.06. The Kier molecular flexibility index (Phi) is 2.58. The maximum absolute atomic E-state index is 10.1. The molecule has 1 fully saturated rings. The molecule has 0 aliphatic carbocycles. The Balaban J connectivity index is 2.30. The third-order valence-electron chi connectivity index (χ3n) is 1.93. The highest BCUT2D eigenvalue weighted by Gasteiger charge is 2.22. The van der Waals surface area contributed by atoms with Crippen molar-refractivity contribution in [2.45, 2.75) is 25.0 Å². The van der Waals surface area contributed by atoms with Crippen LogP contribution in [0.3, 0.4) is 0 Å². The number of thioether (sulfide) groups is 1. The van der Waals surface area contributed by atoms with E-state index in [9.17, 15) is 4.79 Å². The van der Waals surface area contributed by atoms with Gasteiger partial charge in [-0.2, -0.15) is 11.8 Å². The fraction of sp³-hybridized carbons (Fsp3) is 0.857. The molecule has 0 spiro atoms. The maximum Gasteiger partial charge on any atom is 0.120 e. The summed E-state index contributed by atoms with van der Waals surface area (Å²) in [5.41, 5.74) is 0. The van der Waals surface area contributed by atoms with Gasteiger partial charge in [-0.3, -0.25) is 0 Å². The lowest BCUT2D eigenvalue weighted by atomic mass is 10.0. The van der Waals surface area contributed by atoms with Crippen LogP contribution in [-0.2, 0) is 4.79 Å². The molecular formula is C7H12OS. The molecule has 1 nitrogen and oxygen atoms in total. The molecule has 0 N–H and O–H groups in total. The number of carbonyl (C=O) groups is 1. The van der Waals surface area contributed by atoms with Crippen molar-refractivity contribution in [2.24, 2.45) is 5.92 Å². The molecule has 1 saturated heterocycles. The van der Waals surface area contributed by atoms with Crippen LogP contribution >= 0.6 is 11.8 Å². The molecule has 1 rings (SSSR count). The van der Waals surface area contributed by atoms with E-state index >= 15 is 0 Å². The highest BCUT2D eigenvalue weighted by Crippen LogP contribution is 2.33. The summed E-state index contributed by atoms with van der Waals surface area (Å²) in [4.78, 5) is 10.1. The molecule has 2 atom stereocenters. The zero-order valence-electron chi connectivity index (χ0n) is 5.67. The van der Waals surface area contributed by atoms with Crippen molar-refractivity contribution < 1.29 is 4.79 Å². The number of hydrogen-bond acceptors (Lipinski definition) is 2. The van der Waals surface area contributed by atoms with Gasteiger partial charge in [-0.15, -0.1) is 0 Å². The lowest BCUT2D eigenvalue weighted by molar-refractivity contribution is -0.108. The Morgan fingerprint density at radius 2 is 2.56 bits per heavy atom. The standard InChI is InChI=1S/C7H12OS/c1-6-7(2-4-8)3-5-9-6/h4,6-7H,2-3,5H2,1H3. The SMILES string of the molecule is CC1SCCC1CC=O. The lowest BCUT2D eigenvalue weighted by Gasteiger charge is -2.08. The molecule has 0 aromatic heterocycles. The van der Waals surface area contributed by atoms with E-state index < -0.39 is 0 Å². The van der Waals surface area contributed by atoms with Crippen molar-refractivity contribution in [1.29, 1.82) is 0 Å². The highest BCUT2D eigenvalue weighted by molar-refractivity contribution is 8.00. The van der Waals surface area contributed by atoms with Crippen LogP contribution in [0.1, 0.15) is 19.8 Å². The Bertz CT molecular complexity index is 103. The molecule has 1 aliphatic heterocycles. The summed E-state index contributed by atoms with van der Waals surface area (Å²) in [6, 6.07) is 0. The normalized spacial score (nSPS) is 34.8. The van der Waals surface area contributed by atoms with E-state index in [0.717, 1.165) is 18.0 Å². The molecule has 2 heteroatoms. The number of carbonyl (C=O) groups excluding carboxylic acids is 1. The zero-order valence-corrected chi connectivity index (χ0v) is 6.49. The van der Waals surface area contributed by atoms with Crippen LogP contribution in [-0.4, -0.2) is 17.3 Å². The van der Waals surface area contributed by atoms with Gasteiger partial charge in [-0.1, -0.05) is 6.92 Å². The van der Waals surface area contributed by atoms with Gasteiger partial charge in [0.15, 0.2) is 0 Å². The van der Waals surface area contributed by atoms with E-state index in [1.54, 1.807) is 0 Å². The average molecular weight is 144 g/mol. The zero-order chi connectivity index (χ0) is 6.69. The summed E-state index contributed by atoms with van der Waals surface area (Å²) >= 11 is 1.99. The summed E-state index contributed by atoms with van der Waals surface area (Å²) in [5, 5.41) is 0.718. The fourth-order valence-corrected chi connectivity index (χ4v) is 2.54. The van der Waals surface area contributed by atoms with Crippen molar-refractivity contribution in [3.05, 3.63) is 0 Å². The van der Waals surface area contributed by atoms with Gasteiger partial charge >= 0.3 is 0 Å². The molecule has 0 amide bonds. The first kappa shape index (κ1) is 7.13. The molecule has 0 aromatic carbocycles. The average Bonchev–Trinajstić information content (AvgIpc) is 2.18. The lowest BCUT2D eigenvalue weighted by Crippen LogP contribution is -2.07. The summed E-state index contributed by atoms with van der Waals surface area (Å²) < 4.78 is 0. The van der Waals surface area contributed by atoms with Gasteiger partial charge < -0.3 is 4.79 Å². The van der Waals surface area contributed by atoms with E-state index in [0.29, 0.717) is 5.92 Å². The predicted molar refractivity (Wildman–Crippen MR) is 40.7 cm³/mol. The Morgan fingerprint density at radius 3 is 3.00 bits per heavy atom. The van der Waals surface area contributed by atoms with E-state index in [2.05, 4.69) is 6.92 Å². The topological polar surface area (TPSA) is 17.1 Å². The van der Waals surface area contributed by atoms with Crippen molar-refractivity contribution in [2.75, 3.05) is 5.75 Å². The van der Waals surface area contributed by atoms with Crippen LogP contribution in [0.15, 0.2) is 0 Å². The Hall–Kier alpha value is 0.0200. The second kappa shape index (κ2) is 3.25. The third-order valence-corrected chi connectivity index (χ3v) is 3.31. The van der Waals surface area contributed by atoms with Gasteiger partial charge in [0.1, 0.15) is 6.29 Å². The molecule has 0 bridgehead atoms. The van der Waals surface area contributed by atoms with E-state index in [1.807, 2.05) is 11.8 Å². The quantitative estimate of drug-likeness (QED) is 0.549. The molecule has 2 unspecified atom stereocenters. The summed E-state index contributed by atoms with van der Waals surface area (Å²) in [6.45, 7) is 2.21. The van der Waals surface area contributed by atoms with Crippen LogP contribution in [0.2, 0.25) is 0 Å². The number of rotatable bonds is 2. The minimum atomic E-state index is 0.674. The molecule has 1 aliphatic rings. The minimum Gasteiger partial charge on any atom is -0.303 e. The molecule has 1 heterocycles. The molecule has 0 saturated carbocycles. The molecular weight excluding hydrogens is 132 g/mol. The minimum absolute atomic E-state index is 0.674. The molecule has 52 valence electrons. The Morgan fingerprint density at radius 1 is 1.78 bits per heavy atom. The van der Waals surface area contributed by atoms with Crippen molar-refractivity contribution >= 4 is 18.0 Å². The van der Waals surface area contributed by atoms with Crippen LogP contribution in [0.25, 0.3) is 0 Å². The molecule has 0 radical (unpaired) electrons. The van der Waals surface area contributed by atoms with Crippen LogP contribution in [0, 0.1) is 5.92 Å². The van der Waals surface area contributed by atoms with E-state index in [-0.39, 0.29) is 0 Å². The van der Waals surface area contributed by atoms with Crippen molar-refractivity contribution in [3.8, 4) is 0 Å². The third kappa shape index (κ3) is 1.71. The first-order valence-electron chi connectivity index (χ1n) is 3.40. The molecule has 0 aromatic rings. The second-order valence-corrected chi connectivity index (χ2v) is 4.01. The van der Waals surface area contributed by atoms with Crippen LogP contribution < -0.4 is 0 Å². The largest absolute Gasteiger partial charge is 0.303 e. The molecule has 9 heavy (non-hydrogen) atoms. The van der Waals surface area contributed by atoms with E-state index in [1.165, 1.54) is 12.2 Å². The highest BCUT2D eigenvalue weighted by atomic mass is 32.2. The smallest absolute Gasteiger partial charge is 0.120 e. The fourth-order valence-electron chi connectivity index (χ4n) is 1.21. The second-order valence-electron chi connectivity index (χ2n) is 2.53. The first-order chi connectivity index (χ1) is 4.34. The predicted octanol–water partition coefficient (Wildman–Crippen LogP) is 1.72. The van der Waals surface area contributed by atoms with Gasteiger partial charge in [0.2, 0.25) is 0 Å². The van der Waals surface area contributed by atoms with Gasteiger partial charge in [-0.25, -0.2) is 0 Å².